The number of ketones is 1. The summed E-state index contributed by atoms with van der Waals surface area (Å²) in [6, 6.07) is 10.1. The SMILES string of the molecule is CCC(=O)c1ccc(OCC(=O)OCc2cc(Cl)cc3c2OCOC3)cc1. The average Bonchev–Trinajstić information content (AvgIpc) is 2.70. The third kappa shape index (κ3) is 4.99. The van der Waals surface area contributed by atoms with Crippen LogP contribution in [0.25, 0.3) is 0 Å². The zero-order valence-electron chi connectivity index (χ0n) is 14.8. The van der Waals surface area contributed by atoms with E-state index in [0.29, 0.717) is 40.7 Å². The molecule has 0 aromatic heterocycles. The Kier molecular flexibility index (Phi) is 6.32. The quantitative estimate of drug-likeness (QED) is 0.527. The number of halogens is 1. The number of ether oxygens (including phenoxy) is 4. The molecular formula is C20H19ClO6. The van der Waals surface area contributed by atoms with Crippen LogP contribution in [0.4, 0.5) is 0 Å². The molecule has 0 radical (unpaired) electrons. The molecule has 1 aliphatic rings. The second-order valence-corrected chi connectivity index (χ2v) is 6.35. The third-order valence-electron chi connectivity index (χ3n) is 3.99. The molecule has 0 spiro atoms. The van der Waals surface area contributed by atoms with Gasteiger partial charge in [-0.2, -0.15) is 0 Å². The maximum atomic E-state index is 12.0. The first-order valence-corrected chi connectivity index (χ1v) is 8.88. The molecule has 0 unspecified atom stereocenters. The molecule has 0 atom stereocenters. The number of benzene rings is 2. The van der Waals surface area contributed by atoms with Crippen LogP contribution >= 0.6 is 11.6 Å². The molecule has 0 fully saturated rings. The third-order valence-corrected chi connectivity index (χ3v) is 4.21. The Bertz CT molecular complexity index is 831. The van der Waals surface area contributed by atoms with Crippen molar-refractivity contribution in [2.75, 3.05) is 13.4 Å². The molecule has 2 aromatic carbocycles. The number of carbonyl (C=O) groups is 2. The van der Waals surface area contributed by atoms with Crippen molar-refractivity contribution in [3.63, 3.8) is 0 Å². The Labute approximate surface area is 161 Å². The van der Waals surface area contributed by atoms with Gasteiger partial charge in [0.15, 0.2) is 19.2 Å². The topological polar surface area (TPSA) is 71.1 Å². The van der Waals surface area contributed by atoms with Gasteiger partial charge in [-0.05, 0) is 36.4 Å². The van der Waals surface area contributed by atoms with Crippen molar-refractivity contribution in [3.8, 4) is 11.5 Å². The van der Waals surface area contributed by atoms with E-state index in [-0.39, 0.29) is 25.8 Å². The maximum absolute atomic E-state index is 12.0. The Balaban J connectivity index is 1.53. The lowest BCUT2D eigenvalue weighted by atomic mass is 10.1. The summed E-state index contributed by atoms with van der Waals surface area (Å²) in [5.74, 6) is 0.652. The number of fused-ring (bicyclic) bond motifs is 1. The highest BCUT2D eigenvalue weighted by atomic mass is 35.5. The van der Waals surface area contributed by atoms with E-state index in [1.54, 1.807) is 43.3 Å². The first-order valence-electron chi connectivity index (χ1n) is 8.50. The van der Waals surface area contributed by atoms with Gasteiger partial charge in [0.1, 0.15) is 18.1 Å². The Hall–Kier alpha value is -2.57. The lowest BCUT2D eigenvalue weighted by molar-refractivity contribution is -0.147. The van der Waals surface area contributed by atoms with Crippen molar-refractivity contribution in [2.24, 2.45) is 0 Å². The minimum atomic E-state index is -0.524. The zero-order chi connectivity index (χ0) is 19.2. The highest BCUT2D eigenvalue weighted by Gasteiger charge is 2.17. The molecule has 0 bridgehead atoms. The fraction of sp³-hybridized carbons (Fsp3) is 0.300. The van der Waals surface area contributed by atoms with Crippen LogP contribution in [0.3, 0.4) is 0 Å². The van der Waals surface area contributed by atoms with Crippen LogP contribution in [0.15, 0.2) is 36.4 Å². The van der Waals surface area contributed by atoms with Gasteiger partial charge >= 0.3 is 5.97 Å². The highest BCUT2D eigenvalue weighted by Crippen LogP contribution is 2.32. The van der Waals surface area contributed by atoms with E-state index in [1.165, 1.54) is 0 Å². The van der Waals surface area contributed by atoms with Crippen molar-refractivity contribution >= 4 is 23.4 Å². The molecule has 3 rings (SSSR count). The fourth-order valence-corrected chi connectivity index (χ4v) is 2.91. The fourth-order valence-electron chi connectivity index (χ4n) is 2.65. The van der Waals surface area contributed by atoms with Gasteiger partial charge in [-0.15, -0.1) is 0 Å². The van der Waals surface area contributed by atoms with Crippen LogP contribution in [0.1, 0.15) is 34.8 Å². The number of Topliss-reactive ketones (excluding diaryl/α,β-unsaturated/α-hetero) is 1. The number of rotatable bonds is 7. The second-order valence-electron chi connectivity index (χ2n) is 5.91. The van der Waals surface area contributed by atoms with Gasteiger partial charge in [0, 0.05) is 28.1 Å². The standard InChI is InChI=1S/C20H19ClO6/c1-2-18(22)13-3-5-17(6-4-13)25-11-19(23)26-10-15-8-16(21)7-14-9-24-12-27-20(14)15/h3-8H,2,9-12H2,1H3. The molecule has 142 valence electrons. The summed E-state index contributed by atoms with van der Waals surface area (Å²) in [7, 11) is 0. The van der Waals surface area contributed by atoms with Gasteiger partial charge in [-0.3, -0.25) is 4.79 Å². The first kappa shape index (κ1) is 19.2. The maximum Gasteiger partial charge on any atom is 0.344 e. The second kappa shape index (κ2) is 8.88. The predicted molar refractivity (Wildman–Crippen MR) is 98.1 cm³/mol. The summed E-state index contributed by atoms with van der Waals surface area (Å²) < 4.78 is 21.4. The average molecular weight is 391 g/mol. The molecule has 2 aromatic rings. The monoisotopic (exact) mass is 390 g/mol. The number of esters is 1. The normalized spacial score (nSPS) is 12.7. The van der Waals surface area contributed by atoms with E-state index in [2.05, 4.69) is 0 Å². The lowest BCUT2D eigenvalue weighted by Gasteiger charge is -2.21. The van der Waals surface area contributed by atoms with Gasteiger partial charge in [-0.1, -0.05) is 18.5 Å². The predicted octanol–water partition coefficient (Wildman–Crippen LogP) is 3.92. The molecule has 0 amide bonds. The van der Waals surface area contributed by atoms with Crippen LogP contribution in [-0.2, 0) is 27.5 Å². The number of hydrogen-bond donors (Lipinski definition) is 0. The molecule has 1 heterocycles. The summed E-state index contributed by atoms with van der Waals surface area (Å²) >= 11 is 6.08. The van der Waals surface area contributed by atoms with Gasteiger partial charge in [0.2, 0.25) is 0 Å². The Morgan fingerprint density at radius 1 is 1.19 bits per heavy atom. The largest absolute Gasteiger partial charge is 0.482 e. The Morgan fingerprint density at radius 3 is 2.70 bits per heavy atom. The zero-order valence-corrected chi connectivity index (χ0v) is 15.6. The van der Waals surface area contributed by atoms with Crippen molar-refractivity contribution in [2.45, 2.75) is 26.6 Å². The molecule has 0 saturated carbocycles. The van der Waals surface area contributed by atoms with Crippen LogP contribution in [0.5, 0.6) is 11.5 Å². The summed E-state index contributed by atoms with van der Waals surface area (Å²) in [6.45, 7) is 2.13. The molecule has 7 heteroatoms. The lowest BCUT2D eigenvalue weighted by Crippen LogP contribution is -2.17. The molecule has 0 N–H and O–H groups in total. The van der Waals surface area contributed by atoms with E-state index in [0.717, 1.165) is 5.56 Å². The Morgan fingerprint density at radius 2 is 1.96 bits per heavy atom. The van der Waals surface area contributed by atoms with Crippen LogP contribution in [0.2, 0.25) is 5.02 Å². The summed E-state index contributed by atoms with van der Waals surface area (Å²) in [4.78, 5) is 23.6. The van der Waals surface area contributed by atoms with Crippen molar-refractivity contribution in [3.05, 3.63) is 58.1 Å². The molecule has 1 aliphatic heterocycles. The van der Waals surface area contributed by atoms with Crippen LogP contribution < -0.4 is 9.47 Å². The van der Waals surface area contributed by atoms with Crippen molar-refractivity contribution in [1.29, 1.82) is 0 Å². The van der Waals surface area contributed by atoms with Gasteiger partial charge in [0.05, 0.1) is 6.61 Å². The molecular weight excluding hydrogens is 372 g/mol. The van der Waals surface area contributed by atoms with E-state index >= 15 is 0 Å². The summed E-state index contributed by atoms with van der Waals surface area (Å²) in [5, 5.41) is 0.520. The molecule has 27 heavy (non-hydrogen) atoms. The van der Waals surface area contributed by atoms with E-state index < -0.39 is 5.97 Å². The van der Waals surface area contributed by atoms with Crippen LogP contribution in [0, 0.1) is 0 Å². The molecule has 6 nitrogen and oxygen atoms in total. The summed E-state index contributed by atoms with van der Waals surface area (Å²) in [6.07, 6.45) is 0.440. The van der Waals surface area contributed by atoms with Crippen molar-refractivity contribution < 1.29 is 28.5 Å². The van der Waals surface area contributed by atoms with Gasteiger partial charge in [-0.25, -0.2) is 4.79 Å². The minimum absolute atomic E-state index is 0.0228. The van der Waals surface area contributed by atoms with E-state index in [9.17, 15) is 9.59 Å². The first-order chi connectivity index (χ1) is 13.1. The van der Waals surface area contributed by atoms with Gasteiger partial charge < -0.3 is 18.9 Å². The smallest absolute Gasteiger partial charge is 0.344 e. The van der Waals surface area contributed by atoms with E-state index in [4.69, 9.17) is 30.5 Å². The number of hydrogen-bond acceptors (Lipinski definition) is 6. The summed E-state index contributed by atoms with van der Waals surface area (Å²) in [5.41, 5.74) is 2.11. The minimum Gasteiger partial charge on any atom is -0.482 e. The van der Waals surface area contributed by atoms with Gasteiger partial charge in [0.25, 0.3) is 0 Å². The number of carbonyl (C=O) groups excluding carboxylic acids is 2. The molecule has 0 aliphatic carbocycles. The molecule has 0 saturated heterocycles. The van der Waals surface area contributed by atoms with E-state index in [1.807, 2.05) is 0 Å². The highest BCUT2D eigenvalue weighted by molar-refractivity contribution is 6.30. The van der Waals surface area contributed by atoms with Crippen molar-refractivity contribution in [1.82, 2.24) is 0 Å². The van der Waals surface area contributed by atoms with Crippen LogP contribution in [-0.4, -0.2) is 25.2 Å².